The first-order valence-corrected chi connectivity index (χ1v) is 17.4. The van der Waals surface area contributed by atoms with Crippen molar-refractivity contribution < 1.29 is 31.9 Å². The molecule has 0 saturated carbocycles. The molecule has 1 aromatic heterocycles. The van der Waals surface area contributed by atoms with Crippen LogP contribution >= 0.6 is 0 Å². The summed E-state index contributed by atoms with van der Waals surface area (Å²) >= 11 is 0. The van der Waals surface area contributed by atoms with E-state index in [-0.39, 0.29) is 28.4 Å². The van der Waals surface area contributed by atoms with E-state index in [1.807, 2.05) is 49.6 Å². The summed E-state index contributed by atoms with van der Waals surface area (Å²) in [7, 11) is -4.55. The van der Waals surface area contributed by atoms with Crippen LogP contribution in [0.15, 0.2) is 117 Å². The van der Waals surface area contributed by atoms with Gasteiger partial charge in [0, 0.05) is 19.0 Å². The van der Waals surface area contributed by atoms with E-state index in [2.05, 4.69) is 35.3 Å². The zero-order valence-corrected chi connectivity index (χ0v) is 26.3. The minimum absolute atomic E-state index is 0.137. The Bertz CT molecular complexity index is 1470. The highest BCUT2D eigenvalue weighted by atomic mass is 32.2. The van der Waals surface area contributed by atoms with Gasteiger partial charge in [-0.15, -0.1) is 0 Å². The number of nitrogens with zero attached hydrogens (tertiary/aromatic N) is 1. The van der Waals surface area contributed by atoms with Gasteiger partial charge in [-0.1, -0.05) is 17.7 Å². The molecule has 232 valence electrons. The normalized spacial score (nSPS) is 19.2. The Balaban J connectivity index is 0.000000296. The minimum Gasteiger partial charge on any atom is -0.744 e. The zero-order chi connectivity index (χ0) is 30.8. The average Bonchev–Trinajstić information content (AvgIpc) is 3.04. The van der Waals surface area contributed by atoms with Crippen molar-refractivity contribution in [1.82, 2.24) is 4.98 Å². The second-order valence-electron chi connectivity index (χ2n) is 10.5. The molecule has 3 aromatic carbocycles. The molecule has 2 saturated heterocycles. The highest BCUT2D eigenvalue weighted by molar-refractivity contribution is 7.97. The third-order valence-electron chi connectivity index (χ3n) is 7.11. The van der Waals surface area contributed by atoms with Gasteiger partial charge in [0.1, 0.15) is 32.5 Å². The Hall–Kier alpha value is -3.41. The molecular weight excluding hydrogens is 599 g/mol. The van der Waals surface area contributed by atoms with Gasteiger partial charge in [0.2, 0.25) is 0 Å². The second-order valence-corrected chi connectivity index (χ2v) is 13.9. The van der Waals surface area contributed by atoms with Crippen molar-refractivity contribution in [1.29, 1.82) is 0 Å². The van der Waals surface area contributed by atoms with Crippen molar-refractivity contribution in [2.75, 3.05) is 13.2 Å². The van der Waals surface area contributed by atoms with Gasteiger partial charge in [-0.3, -0.25) is 4.98 Å². The zero-order valence-electron chi connectivity index (χ0n) is 24.7. The summed E-state index contributed by atoms with van der Waals surface area (Å²) < 4.78 is 54.7. The Kier molecular flexibility index (Phi) is 11.3. The van der Waals surface area contributed by atoms with Crippen LogP contribution in [-0.2, 0) is 30.5 Å². The van der Waals surface area contributed by atoms with Gasteiger partial charge in [-0.05, 0) is 105 Å². The highest BCUT2D eigenvalue weighted by Crippen LogP contribution is 2.33. The maximum atomic E-state index is 10.4. The van der Waals surface area contributed by atoms with E-state index in [4.69, 9.17) is 18.9 Å². The molecule has 6 rings (SSSR count). The summed E-state index contributed by atoms with van der Waals surface area (Å²) in [5.74, 6) is 1.69. The van der Waals surface area contributed by atoms with Crippen LogP contribution in [0.3, 0.4) is 0 Å². The molecule has 0 N–H and O–H groups in total. The van der Waals surface area contributed by atoms with Crippen LogP contribution in [0.5, 0.6) is 11.5 Å². The van der Waals surface area contributed by atoms with Crippen molar-refractivity contribution in [3.05, 3.63) is 103 Å². The summed E-state index contributed by atoms with van der Waals surface area (Å²) in [5, 5.41) is 0. The lowest BCUT2D eigenvalue weighted by Crippen LogP contribution is -2.25. The molecule has 0 aliphatic carbocycles. The van der Waals surface area contributed by atoms with E-state index < -0.39 is 10.1 Å². The van der Waals surface area contributed by atoms with Gasteiger partial charge in [-0.2, -0.15) is 0 Å². The molecule has 44 heavy (non-hydrogen) atoms. The smallest absolute Gasteiger partial charge is 0.199 e. The Morgan fingerprint density at radius 2 is 1.25 bits per heavy atom. The third-order valence-corrected chi connectivity index (χ3v) is 10.2. The van der Waals surface area contributed by atoms with Crippen molar-refractivity contribution in [3.63, 3.8) is 0 Å². The Morgan fingerprint density at radius 3 is 1.66 bits per heavy atom. The molecule has 4 aromatic rings. The molecule has 10 heteroatoms. The van der Waals surface area contributed by atoms with E-state index in [9.17, 15) is 13.0 Å². The molecule has 0 amide bonds. The van der Waals surface area contributed by atoms with E-state index in [0.29, 0.717) is 0 Å². The number of ether oxygens (including phenoxy) is 4. The standard InChI is InChI=1S/C27H30NO4S.C7H8O3S/c1-3-18-29-26(7-1)31-21-9-13-23(14-10-21)33(25-6-5-17-28-20-25)24-15-11-22(12-16-24)32-27-8-2-4-19-30-27;1-6-2-4-7(5-3-6)11(8,9)10/h5-6,9-17,20,26-27H,1-4,7-8,18-19H2;2-5H,1H3,(H,8,9,10)/q+1;/p-1. The lowest BCUT2D eigenvalue weighted by atomic mass is 10.2. The quantitative estimate of drug-likeness (QED) is 0.152. The Labute approximate surface area is 262 Å². The number of hydrogen-bond donors (Lipinski definition) is 0. The van der Waals surface area contributed by atoms with Crippen LogP contribution < -0.4 is 9.47 Å². The average molecular weight is 636 g/mol. The van der Waals surface area contributed by atoms with Crippen LogP contribution in [0, 0.1) is 6.92 Å². The van der Waals surface area contributed by atoms with Gasteiger partial charge in [0.15, 0.2) is 27.3 Å². The van der Waals surface area contributed by atoms with Crippen LogP contribution in [0.2, 0.25) is 0 Å². The molecular formula is C34H37NO7S2. The van der Waals surface area contributed by atoms with Crippen molar-refractivity contribution in [2.45, 2.75) is 77.6 Å². The van der Waals surface area contributed by atoms with Crippen molar-refractivity contribution >= 4 is 21.0 Å². The molecule has 0 bridgehead atoms. The number of aryl methyl sites for hydroxylation is 1. The molecule has 3 heterocycles. The number of benzene rings is 3. The van der Waals surface area contributed by atoms with Crippen molar-refractivity contribution in [3.8, 4) is 11.5 Å². The summed E-state index contributed by atoms with van der Waals surface area (Å²) in [4.78, 5) is 7.79. The topological polar surface area (TPSA) is 107 Å². The van der Waals surface area contributed by atoms with Gasteiger partial charge in [0.25, 0.3) is 0 Å². The summed E-state index contributed by atoms with van der Waals surface area (Å²) in [6.07, 6.45) is 9.92. The monoisotopic (exact) mass is 635 g/mol. The molecule has 0 radical (unpaired) electrons. The lowest BCUT2D eigenvalue weighted by Gasteiger charge is -2.23. The second kappa shape index (κ2) is 15.5. The van der Waals surface area contributed by atoms with Crippen LogP contribution in [-0.4, -0.2) is 43.7 Å². The molecule has 2 unspecified atom stereocenters. The first kappa shape index (κ1) is 32.0. The van der Waals surface area contributed by atoms with E-state index >= 15 is 0 Å². The summed E-state index contributed by atoms with van der Waals surface area (Å²) in [6, 6.07) is 26.7. The van der Waals surface area contributed by atoms with Gasteiger partial charge >= 0.3 is 0 Å². The van der Waals surface area contributed by atoms with E-state index in [0.717, 1.165) is 68.8 Å². The van der Waals surface area contributed by atoms with Gasteiger partial charge < -0.3 is 23.5 Å². The maximum Gasteiger partial charge on any atom is 0.199 e. The fraction of sp³-hybridized carbons (Fsp3) is 0.324. The third kappa shape index (κ3) is 9.30. The van der Waals surface area contributed by atoms with Crippen LogP contribution in [0.1, 0.15) is 44.1 Å². The van der Waals surface area contributed by atoms with E-state index in [1.165, 1.54) is 26.8 Å². The predicted octanol–water partition coefficient (Wildman–Crippen LogP) is 6.89. The van der Waals surface area contributed by atoms with Gasteiger partial charge in [-0.25, -0.2) is 8.42 Å². The number of aromatic nitrogens is 1. The largest absolute Gasteiger partial charge is 0.744 e. The molecule has 8 nitrogen and oxygen atoms in total. The number of hydrogen-bond acceptors (Lipinski definition) is 8. The predicted molar refractivity (Wildman–Crippen MR) is 167 cm³/mol. The molecule has 2 fully saturated rings. The molecule has 2 atom stereocenters. The number of rotatable bonds is 8. The molecule has 0 spiro atoms. The van der Waals surface area contributed by atoms with Crippen molar-refractivity contribution in [2.24, 2.45) is 0 Å². The first-order chi connectivity index (χ1) is 21.3. The lowest BCUT2D eigenvalue weighted by molar-refractivity contribution is -0.106. The SMILES string of the molecule is Cc1ccc(S(=O)(=O)[O-])cc1.c1cncc([S+](c2ccc(OC3CCCCO3)cc2)c2ccc(OC3CCCCO3)cc2)c1. The number of pyridine rings is 1. The van der Waals surface area contributed by atoms with E-state index in [1.54, 1.807) is 12.1 Å². The fourth-order valence-corrected chi connectivity index (χ4v) is 7.28. The van der Waals surface area contributed by atoms with Crippen LogP contribution in [0.4, 0.5) is 0 Å². The highest BCUT2D eigenvalue weighted by Gasteiger charge is 2.29. The molecule has 2 aliphatic heterocycles. The maximum absolute atomic E-state index is 10.4. The minimum atomic E-state index is -4.27. The molecule has 2 aliphatic rings. The van der Waals surface area contributed by atoms with Crippen LogP contribution in [0.25, 0.3) is 0 Å². The fourth-order valence-electron chi connectivity index (χ4n) is 4.80. The summed E-state index contributed by atoms with van der Waals surface area (Å²) in [6.45, 7) is 3.38. The summed E-state index contributed by atoms with van der Waals surface area (Å²) in [5.41, 5.74) is 0.928. The Morgan fingerprint density at radius 1 is 0.727 bits per heavy atom. The van der Waals surface area contributed by atoms with Gasteiger partial charge in [0.05, 0.1) is 24.3 Å². The first-order valence-electron chi connectivity index (χ1n) is 14.8.